The largest absolute Gasteiger partial charge is 0.480 e. The summed E-state index contributed by atoms with van der Waals surface area (Å²) in [5.74, 6) is -0.805. The van der Waals surface area contributed by atoms with Crippen LogP contribution in [0.15, 0.2) is 30.3 Å². The average Bonchev–Trinajstić information content (AvgIpc) is 2.30. The summed E-state index contributed by atoms with van der Waals surface area (Å²) < 4.78 is 0. The Balaban J connectivity index is 3.07. The fourth-order valence-corrected chi connectivity index (χ4v) is 1.77. The Morgan fingerprint density at radius 3 is 2.29 bits per heavy atom. The second kappa shape index (κ2) is 5.32. The zero-order valence-electron chi connectivity index (χ0n) is 11.0. The maximum atomic E-state index is 11.5. The zero-order valence-corrected chi connectivity index (χ0v) is 11.0. The number of aliphatic carboxylic acids is 1. The average molecular weight is 235 g/mol. The summed E-state index contributed by atoms with van der Waals surface area (Å²) >= 11 is 0. The normalized spacial score (nSPS) is 13.7. The molecule has 0 aliphatic rings. The topological polar surface area (TPSA) is 40.5 Å². The minimum absolute atomic E-state index is 0.140. The molecule has 0 aliphatic carbocycles. The monoisotopic (exact) mass is 235 g/mol. The fourth-order valence-electron chi connectivity index (χ4n) is 1.77. The van der Waals surface area contributed by atoms with Crippen LogP contribution in [0, 0.1) is 0 Å². The minimum atomic E-state index is -0.805. The lowest BCUT2D eigenvalue weighted by molar-refractivity contribution is -0.145. The summed E-state index contributed by atoms with van der Waals surface area (Å²) in [5.41, 5.74) is 0.683. The quantitative estimate of drug-likeness (QED) is 0.853. The summed E-state index contributed by atoms with van der Waals surface area (Å²) in [7, 11) is 1.87. The van der Waals surface area contributed by atoms with E-state index in [1.165, 1.54) is 0 Å². The lowest BCUT2D eigenvalue weighted by atomic mass is 9.95. The highest BCUT2D eigenvalue weighted by Crippen LogP contribution is 2.28. The smallest absolute Gasteiger partial charge is 0.325 e. The van der Waals surface area contributed by atoms with E-state index in [0.717, 1.165) is 12.0 Å². The lowest BCUT2D eigenvalue weighted by Gasteiger charge is -2.39. The second-order valence-electron chi connectivity index (χ2n) is 4.93. The Labute approximate surface area is 103 Å². The maximum Gasteiger partial charge on any atom is 0.325 e. The predicted molar refractivity (Wildman–Crippen MR) is 69.0 cm³/mol. The van der Waals surface area contributed by atoms with Crippen LogP contribution in [0.5, 0.6) is 0 Å². The van der Waals surface area contributed by atoms with Crippen LogP contribution >= 0.6 is 0 Å². The van der Waals surface area contributed by atoms with Crippen LogP contribution < -0.4 is 0 Å². The molecule has 1 aromatic carbocycles. The number of rotatable bonds is 5. The number of nitrogens with zero attached hydrogens (tertiary/aromatic N) is 1. The molecule has 1 atom stereocenters. The van der Waals surface area contributed by atoms with Crippen LogP contribution in [-0.2, 0) is 4.79 Å². The van der Waals surface area contributed by atoms with E-state index in [-0.39, 0.29) is 5.54 Å². The number of hydrogen-bond acceptors (Lipinski definition) is 2. The first-order chi connectivity index (χ1) is 7.90. The van der Waals surface area contributed by atoms with Crippen LogP contribution in [-0.4, -0.2) is 28.6 Å². The molecule has 17 heavy (non-hydrogen) atoms. The minimum Gasteiger partial charge on any atom is -0.480 e. The van der Waals surface area contributed by atoms with Crippen molar-refractivity contribution < 1.29 is 9.90 Å². The highest BCUT2D eigenvalue weighted by Gasteiger charge is 2.33. The predicted octanol–water partition coefficient (Wildman–Crippen LogP) is 2.93. The van der Waals surface area contributed by atoms with Gasteiger partial charge < -0.3 is 5.11 Å². The number of likely N-dealkylation sites (N-methyl/N-ethyl adjacent to an activating group) is 1. The Hall–Kier alpha value is -1.35. The molecule has 3 nitrogen and oxygen atoms in total. The van der Waals surface area contributed by atoms with Gasteiger partial charge in [0.05, 0.1) is 0 Å². The Kier molecular flexibility index (Phi) is 4.29. The van der Waals surface area contributed by atoms with Crippen molar-refractivity contribution in [3.63, 3.8) is 0 Å². The van der Waals surface area contributed by atoms with Crippen LogP contribution in [0.2, 0.25) is 0 Å². The Bertz CT molecular complexity index is 373. The molecule has 0 bridgehead atoms. The molecule has 1 rings (SSSR count). The molecular weight excluding hydrogens is 214 g/mol. The van der Waals surface area contributed by atoms with Gasteiger partial charge >= 0.3 is 5.97 Å². The number of hydrogen-bond donors (Lipinski definition) is 1. The summed E-state index contributed by atoms with van der Waals surface area (Å²) in [6.07, 6.45) is 0.903. The molecule has 0 saturated carbocycles. The molecule has 0 saturated heterocycles. The Morgan fingerprint density at radius 1 is 1.35 bits per heavy atom. The van der Waals surface area contributed by atoms with E-state index >= 15 is 0 Å². The van der Waals surface area contributed by atoms with E-state index in [1.54, 1.807) is 0 Å². The van der Waals surface area contributed by atoms with E-state index in [4.69, 9.17) is 0 Å². The van der Waals surface area contributed by atoms with E-state index in [0.29, 0.717) is 0 Å². The molecular formula is C14H21NO2. The van der Waals surface area contributed by atoms with Gasteiger partial charge in [-0.25, -0.2) is 0 Å². The Morgan fingerprint density at radius 2 is 1.88 bits per heavy atom. The second-order valence-corrected chi connectivity index (χ2v) is 4.93. The van der Waals surface area contributed by atoms with E-state index < -0.39 is 12.0 Å². The van der Waals surface area contributed by atoms with Gasteiger partial charge in [0.15, 0.2) is 0 Å². The van der Waals surface area contributed by atoms with Gasteiger partial charge in [0.2, 0.25) is 0 Å². The SMILES string of the molecule is CCC(C)(C)N(C)C(C(=O)O)c1ccccc1. The van der Waals surface area contributed by atoms with Gasteiger partial charge in [0.25, 0.3) is 0 Å². The number of carbonyl (C=O) groups is 1. The van der Waals surface area contributed by atoms with E-state index in [2.05, 4.69) is 20.8 Å². The number of carboxylic acids is 1. The molecule has 0 heterocycles. The molecule has 0 radical (unpaired) electrons. The first-order valence-electron chi connectivity index (χ1n) is 5.91. The molecule has 0 fully saturated rings. The van der Waals surface area contributed by atoms with Crippen molar-refractivity contribution in [2.75, 3.05) is 7.05 Å². The van der Waals surface area contributed by atoms with Gasteiger partial charge in [-0.1, -0.05) is 37.3 Å². The van der Waals surface area contributed by atoms with Crippen LogP contribution in [0.4, 0.5) is 0 Å². The van der Waals surface area contributed by atoms with Crippen molar-refractivity contribution >= 4 is 5.97 Å². The fraction of sp³-hybridized carbons (Fsp3) is 0.500. The van der Waals surface area contributed by atoms with Gasteiger partial charge in [-0.2, -0.15) is 0 Å². The first-order valence-corrected chi connectivity index (χ1v) is 5.91. The molecule has 0 spiro atoms. The molecule has 94 valence electrons. The summed E-state index contributed by atoms with van der Waals surface area (Å²) in [4.78, 5) is 13.4. The van der Waals surface area contributed by atoms with Gasteiger partial charge in [-0.05, 0) is 32.9 Å². The molecule has 1 aromatic rings. The number of carboxylic acid groups (broad SMARTS) is 1. The van der Waals surface area contributed by atoms with Gasteiger partial charge in [0.1, 0.15) is 6.04 Å². The first kappa shape index (κ1) is 13.7. The highest BCUT2D eigenvalue weighted by molar-refractivity contribution is 5.75. The third-order valence-electron chi connectivity index (χ3n) is 3.56. The summed E-state index contributed by atoms with van der Waals surface area (Å²) in [5, 5.41) is 9.41. The van der Waals surface area contributed by atoms with Crippen LogP contribution in [0.25, 0.3) is 0 Å². The van der Waals surface area contributed by atoms with Crippen molar-refractivity contribution in [3.8, 4) is 0 Å². The van der Waals surface area contributed by atoms with Gasteiger partial charge in [0, 0.05) is 5.54 Å². The van der Waals surface area contributed by atoms with E-state index in [1.807, 2.05) is 42.3 Å². The van der Waals surface area contributed by atoms with Crippen molar-refractivity contribution in [3.05, 3.63) is 35.9 Å². The molecule has 0 aliphatic heterocycles. The standard InChI is InChI=1S/C14H21NO2/c1-5-14(2,3)15(4)12(13(16)17)11-9-7-6-8-10-11/h6-10,12H,5H2,1-4H3,(H,16,17). The lowest BCUT2D eigenvalue weighted by Crippen LogP contribution is -2.45. The summed E-state index contributed by atoms with van der Waals surface area (Å²) in [6, 6.07) is 8.78. The van der Waals surface area contributed by atoms with Crippen molar-refractivity contribution in [1.82, 2.24) is 4.90 Å². The summed E-state index contributed by atoms with van der Waals surface area (Å²) in [6.45, 7) is 6.19. The van der Waals surface area contributed by atoms with E-state index in [9.17, 15) is 9.90 Å². The zero-order chi connectivity index (χ0) is 13.1. The third kappa shape index (κ3) is 3.07. The molecule has 0 amide bonds. The third-order valence-corrected chi connectivity index (χ3v) is 3.56. The van der Waals surface area contributed by atoms with Crippen molar-refractivity contribution in [2.45, 2.75) is 38.8 Å². The molecule has 1 unspecified atom stereocenters. The molecule has 3 heteroatoms. The van der Waals surface area contributed by atoms with Crippen LogP contribution in [0.3, 0.4) is 0 Å². The van der Waals surface area contributed by atoms with Gasteiger partial charge in [-0.15, -0.1) is 0 Å². The molecule has 0 aromatic heterocycles. The van der Waals surface area contributed by atoms with Crippen molar-refractivity contribution in [1.29, 1.82) is 0 Å². The number of benzene rings is 1. The van der Waals surface area contributed by atoms with Crippen LogP contribution in [0.1, 0.15) is 38.8 Å². The maximum absolute atomic E-state index is 11.5. The van der Waals surface area contributed by atoms with Crippen molar-refractivity contribution in [2.24, 2.45) is 0 Å². The highest BCUT2D eigenvalue weighted by atomic mass is 16.4. The molecule has 1 N–H and O–H groups in total. The van der Waals surface area contributed by atoms with Gasteiger partial charge in [-0.3, -0.25) is 9.69 Å².